The maximum Gasteiger partial charge on any atom is 0.399 e. The van der Waals surface area contributed by atoms with Gasteiger partial charge in [-0.1, -0.05) is 53.2 Å². The lowest BCUT2D eigenvalue weighted by Gasteiger charge is -2.39. The van der Waals surface area contributed by atoms with Crippen LogP contribution in [0.2, 0.25) is 0 Å². The number of piperidine rings is 1. The molecule has 0 saturated carbocycles. The first-order chi connectivity index (χ1) is 34.8. The summed E-state index contributed by atoms with van der Waals surface area (Å²) in [5.41, 5.74) is -2.81. The van der Waals surface area contributed by atoms with Crippen LogP contribution in [0, 0.1) is 11.8 Å². The van der Waals surface area contributed by atoms with Crippen molar-refractivity contribution >= 4 is 92.0 Å². The molecule has 4 atom stereocenters. The highest BCUT2D eigenvalue weighted by atomic mass is 79.9. The smallest absolute Gasteiger partial charge is 0.356 e. The SMILES string of the molecule is CCN1CC[C@H]2CC[C@@H](C(=O)N(CCC(=O)NCCCCCC#Cc3cccc4c3CN(C3CCC(=O)NC3=O)C4=O)c3ccc(Br)cc3)N2C(=O)[C@@H](NC(=O)c2cc3cc(C(F)(F)P(=O)(O)O)ccc3s2)C1. The van der Waals surface area contributed by atoms with Crippen molar-refractivity contribution < 1.29 is 56.7 Å². The van der Waals surface area contributed by atoms with Crippen LogP contribution in [0.1, 0.15) is 108 Å². The summed E-state index contributed by atoms with van der Waals surface area (Å²) in [7, 11) is -5.83. The summed E-state index contributed by atoms with van der Waals surface area (Å²) in [6, 6.07) is 13.9. The predicted octanol–water partition coefficient (Wildman–Crippen LogP) is 5.99. The van der Waals surface area contributed by atoms with Crippen molar-refractivity contribution in [3.8, 4) is 11.8 Å². The number of carbonyl (C=O) groups is 7. The predicted molar refractivity (Wildman–Crippen MR) is 271 cm³/mol. The lowest BCUT2D eigenvalue weighted by atomic mass is 10.0. The molecule has 3 saturated heterocycles. The standard InChI is InChI=1S/C51H55BrF2N7O10PS/c1-2-58-25-22-36-17-18-41(61(36)49(67)39(30-58)56-47(65)43-28-32-27-33(12-20-42(32)73-43)51(53,54)72(69,70)71)50(68)59(35-15-13-34(52)14-16-35)26-23-44(62)55-24-7-5-3-4-6-9-31-10-8-11-37-38(31)29-60(48(37)66)40-19-21-45(63)57-46(40)64/h8,10-16,20,27-28,36,39-41H,2-5,7,17-19,21-26,29-30H2,1H3,(H,55,62)(H,56,65)(H,57,63,64)(H2,69,70,71)/t36-,39+,40?,41+/m1/s1. The Kier molecular flexibility index (Phi) is 16.6. The quantitative estimate of drug-likeness (QED) is 0.0379. The van der Waals surface area contributed by atoms with Gasteiger partial charge in [0.15, 0.2) is 0 Å². The van der Waals surface area contributed by atoms with E-state index in [4.69, 9.17) is 0 Å². The topological polar surface area (TPSA) is 226 Å². The molecule has 0 bridgehead atoms. The van der Waals surface area contributed by atoms with E-state index in [1.165, 1.54) is 21.9 Å². The molecule has 5 N–H and O–H groups in total. The molecule has 1 unspecified atom stereocenters. The van der Waals surface area contributed by atoms with E-state index in [0.29, 0.717) is 73.3 Å². The molecule has 4 aliphatic heterocycles. The van der Waals surface area contributed by atoms with Crippen molar-refractivity contribution in [1.29, 1.82) is 0 Å². The Hall–Kier alpha value is -5.88. The number of carbonyl (C=O) groups excluding carboxylic acids is 7. The summed E-state index contributed by atoms with van der Waals surface area (Å²) < 4.78 is 41.8. The van der Waals surface area contributed by atoms with Crippen LogP contribution in [0.3, 0.4) is 0 Å². The molecule has 4 aliphatic rings. The fourth-order valence-electron chi connectivity index (χ4n) is 9.89. The van der Waals surface area contributed by atoms with Crippen molar-refractivity contribution in [3.63, 3.8) is 0 Å². The molecule has 386 valence electrons. The molecular formula is C51H55BrF2N7O10PS. The summed E-state index contributed by atoms with van der Waals surface area (Å²) in [5, 5.41) is 8.28. The average molecular weight is 1110 g/mol. The van der Waals surface area contributed by atoms with Crippen LogP contribution in [-0.4, -0.2) is 123 Å². The van der Waals surface area contributed by atoms with Crippen LogP contribution in [0.25, 0.3) is 10.1 Å². The number of halogens is 3. The maximum atomic E-state index is 14.8. The van der Waals surface area contributed by atoms with Crippen molar-refractivity contribution in [3.05, 3.63) is 98.3 Å². The highest BCUT2D eigenvalue weighted by Gasteiger charge is 2.51. The molecule has 5 heterocycles. The minimum absolute atomic E-state index is 0.0139. The van der Waals surface area contributed by atoms with Crippen LogP contribution in [0.5, 0.6) is 0 Å². The summed E-state index contributed by atoms with van der Waals surface area (Å²) in [6.45, 7) is 3.94. The Morgan fingerprint density at radius 1 is 0.986 bits per heavy atom. The van der Waals surface area contributed by atoms with E-state index in [0.717, 1.165) is 46.3 Å². The van der Waals surface area contributed by atoms with Crippen molar-refractivity contribution in [2.75, 3.05) is 37.6 Å². The Labute approximate surface area is 432 Å². The second kappa shape index (κ2) is 22.7. The summed E-state index contributed by atoms with van der Waals surface area (Å²) in [6.07, 6.45) is 4.76. The van der Waals surface area contributed by atoms with Gasteiger partial charge < -0.3 is 40.0 Å². The van der Waals surface area contributed by atoms with Gasteiger partial charge in [-0.2, -0.15) is 8.78 Å². The van der Waals surface area contributed by atoms with E-state index in [2.05, 4.69) is 43.7 Å². The lowest BCUT2D eigenvalue weighted by Crippen LogP contribution is -2.61. The number of thiophene rings is 1. The number of hydrogen-bond acceptors (Lipinski definition) is 10. The zero-order valence-electron chi connectivity index (χ0n) is 39.9. The second-order valence-corrected chi connectivity index (χ2v) is 22.2. The number of likely N-dealkylation sites (N-methyl/N-ethyl adjacent to an activating group) is 1. The van der Waals surface area contributed by atoms with Crippen molar-refractivity contribution in [2.45, 2.75) is 108 Å². The van der Waals surface area contributed by atoms with Gasteiger partial charge in [0, 0.05) is 89.6 Å². The average Bonchev–Trinajstić information content (AvgIpc) is 4.08. The third-order valence-electron chi connectivity index (χ3n) is 13.8. The number of rotatable bonds is 16. The van der Waals surface area contributed by atoms with E-state index in [-0.39, 0.29) is 78.8 Å². The molecule has 0 radical (unpaired) electrons. The van der Waals surface area contributed by atoms with Crippen LogP contribution in [0.4, 0.5) is 14.5 Å². The number of benzene rings is 3. The molecule has 3 fully saturated rings. The Morgan fingerprint density at radius 2 is 1.77 bits per heavy atom. The van der Waals surface area contributed by atoms with Crippen LogP contribution < -0.4 is 20.9 Å². The van der Waals surface area contributed by atoms with E-state index in [9.17, 15) is 56.7 Å². The van der Waals surface area contributed by atoms with E-state index < -0.39 is 54.7 Å². The number of hydrogen-bond donors (Lipinski definition) is 5. The zero-order valence-corrected chi connectivity index (χ0v) is 43.2. The number of amides is 7. The molecule has 8 rings (SSSR count). The van der Waals surface area contributed by atoms with Gasteiger partial charge in [-0.3, -0.25) is 43.4 Å². The van der Waals surface area contributed by atoms with Gasteiger partial charge in [0.05, 0.1) is 4.88 Å². The van der Waals surface area contributed by atoms with Gasteiger partial charge >= 0.3 is 13.3 Å². The summed E-state index contributed by atoms with van der Waals surface area (Å²) >= 11 is 4.42. The normalized spacial score (nSPS) is 20.4. The number of unbranched alkanes of at least 4 members (excludes halogenated alkanes) is 3. The minimum Gasteiger partial charge on any atom is -0.356 e. The lowest BCUT2D eigenvalue weighted by molar-refractivity contribution is -0.142. The molecule has 0 spiro atoms. The van der Waals surface area contributed by atoms with Crippen molar-refractivity contribution in [1.82, 2.24) is 30.7 Å². The van der Waals surface area contributed by atoms with E-state index in [1.54, 1.807) is 41.3 Å². The van der Waals surface area contributed by atoms with Gasteiger partial charge in [0.1, 0.15) is 18.1 Å². The van der Waals surface area contributed by atoms with Gasteiger partial charge in [0.2, 0.25) is 29.5 Å². The molecule has 73 heavy (non-hydrogen) atoms. The van der Waals surface area contributed by atoms with Crippen LogP contribution in [0.15, 0.2) is 71.2 Å². The first kappa shape index (κ1) is 53.4. The van der Waals surface area contributed by atoms with E-state index in [1.807, 2.05) is 17.9 Å². The largest absolute Gasteiger partial charge is 0.399 e. The fourth-order valence-corrected chi connectivity index (χ4v) is 11.6. The number of alkyl halides is 2. The number of anilines is 1. The first-order valence-electron chi connectivity index (χ1n) is 24.3. The molecule has 7 amide bonds. The molecule has 4 aromatic rings. The molecule has 17 nitrogen and oxygen atoms in total. The highest BCUT2D eigenvalue weighted by Crippen LogP contribution is 2.59. The summed E-state index contributed by atoms with van der Waals surface area (Å²) in [5.74, 6) is 3.58. The van der Waals surface area contributed by atoms with Gasteiger partial charge in [0.25, 0.3) is 11.8 Å². The third-order valence-corrected chi connectivity index (χ3v) is 16.5. The maximum absolute atomic E-state index is 14.8. The molecule has 3 aromatic carbocycles. The highest BCUT2D eigenvalue weighted by molar-refractivity contribution is 9.10. The van der Waals surface area contributed by atoms with E-state index >= 15 is 0 Å². The number of nitrogens with one attached hydrogen (secondary N) is 3. The molecule has 22 heteroatoms. The first-order valence-corrected chi connectivity index (χ1v) is 27.5. The van der Waals surface area contributed by atoms with Gasteiger partial charge in [-0.15, -0.1) is 11.3 Å². The van der Waals surface area contributed by atoms with Gasteiger partial charge in [-0.25, -0.2) is 0 Å². The number of fused-ring (bicyclic) bond motifs is 3. The van der Waals surface area contributed by atoms with Crippen LogP contribution in [-0.2, 0) is 40.7 Å². The zero-order chi connectivity index (χ0) is 52.2. The molecular weight excluding hydrogens is 1050 g/mol. The van der Waals surface area contributed by atoms with Gasteiger partial charge in [-0.05, 0) is 111 Å². The second-order valence-electron chi connectivity index (χ2n) is 18.6. The molecule has 1 aromatic heterocycles. The number of nitrogens with zero attached hydrogens (tertiary/aromatic N) is 4. The summed E-state index contributed by atoms with van der Waals surface area (Å²) in [4.78, 5) is 119. The fraction of sp³-hybridized carbons (Fsp3) is 0.431. The number of imide groups is 1. The Morgan fingerprint density at radius 3 is 2.51 bits per heavy atom. The Balaban J connectivity index is 0.862. The third kappa shape index (κ3) is 11.9. The van der Waals surface area contributed by atoms with Crippen LogP contribution >= 0.6 is 34.9 Å². The van der Waals surface area contributed by atoms with Crippen molar-refractivity contribution in [2.24, 2.45) is 0 Å². The minimum atomic E-state index is -5.83. The Bertz CT molecular complexity index is 2940. The monoisotopic (exact) mass is 1110 g/mol. The molecule has 0 aliphatic carbocycles.